The second-order valence-corrected chi connectivity index (χ2v) is 33.6. The van der Waals surface area contributed by atoms with Crippen molar-refractivity contribution in [1.82, 2.24) is 0 Å². The summed E-state index contributed by atoms with van der Waals surface area (Å²) in [5.74, 6) is -2.67. The first-order valence-electron chi connectivity index (χ1n) is 38.9. The highest BCUT2D eigenvalue weighted by Gasteiger charge is 2.67. The Bertz CT molecular complexity index is 1910. The molecule has 0 N–H and O–H groups in total. The van der Waals surface area contributed by atoms with Gasteiger partial charge in [-0.25, -0.2) is 8.78 Å². The molecule has 0 aromatic rings. The first kappa shape index (κ1) is 128. The number of alkyl halides is 29. The van der Waals surface area contributed by atoms with Crippen LogP contribution in [0.1, 0.15) is 388 Å². The Morgan fingerprint density at radius 2 is 0.569 bits per heavy atom. The third-order valence-electron chi connectivity index (χ3n) is 20.2. The normalized spacial score (nSPS) is 17.5. The molecule has 0 amide bonds. The molecule has 0 nitrogen and oxygen atoms in total. The van der Waals surface area contributed by atoms with Gasteiger partial charge in [-0.3, -0.25) is 0 Å². The topological polar surface area (TPSA) is 0 Å². The van der Waals surface area contributed by atoms with Crippen LogP contribution in [-0.4, -0.2) is 61.5 Å². The molecule has 0 radical (unpaired) electrons. The van der Waals surface area contributed by atoms with Crippen molar-refractivity contribution in [3.8, 4) is 0 Å². The smallest absolute Gasteiger partial charge is 0.207 e. The lowest BCUT2D eigenvalue weighted by Gasteiger charge is -2.33. The quantitative estimate of drug-likeness (QED) is 0.223. The average Bonchev–Trinajstić information content (AvgIpc) is 1.34. The highest BCUT2D eigenvalue weighted by Crippen LogP contribution is 2.55. The molecule has 1 atom stereocenters. The molecule has 0 aromatic heterocycles. The lowest BCUT2D eigenvalue weighted by molar-refractivity contribution is -0.335. The summed E-state index contributed by atoms with van der Waals surface area (Å²) in [4.78, 5) is 0. The maximum atomic E-state index is 12.4. The summed E-state index contributed by atoms with van der Waals surface area (Å²) in [6, 6.07) is 0. The minimum atomic E-state index is -5.24. The van der Waals surface area contributed by atoms with E-state index in [1.54, 1.807) is 6.92 Å². The number of hydrogen-bond donors (Lipinski definition) is 0. The van der Waals surface area contributed by atoms with Crippen molar-refractivity contribution < 1.29 is 127 Å². The fraction of sp³-hybridized carbons (Fsp3) is 1.00. The first-order valence-corrected chi connectivity index (χ1v) is 38.9. The van der Waals surface area contributed by atoms with E-state index in [1.165, 1.54) is 143 Å². The van der Waals surface area contributed by atoms with Crippen molar-refractivity contribution >= 4 is 0 Å². The van der Waals surface area contributed by atoms with Crippen molar-refractivity contribution in [2.24, 2.45) is 67.0 Å². The van der Waals surface area contributed by atoms with Crippen LogP contribution in [0.4, 0.5) is 127 Å². The van der Waals surface area contributed by atoms with Gasteiger partial charge < -0.3 is 0 Å². The van der Waals surface area contributed by atoms with E-state index in [0.29, 0.717) is 29.1 Å². The van der Waals surface area contributed by atoms with E-state index in [9.17, 15) is 127 Å². The van der Waals surface area contributed by atoms with Crippen LogP contribution >= 0.6 is 0 Å². The second-order valence-electron chi connectivity index (χ2n) is 33.6. The average molecular weight is 1660 g/mol. The van der Waals surface area contributed by atoms with E-state index >= 15 is 0 Å². The lowest BCUT2D eigenvalue weighted by Crippen LogP contribution is -2.47. The zero-order valence-electron chi connectivity index (χ0n) is 72.4. The van der Waals surface area contributed by atoms with Gasteiger partial charge in [0.25, 0.3) is 0 Å². The van der Waals surface area contributed by atoms with E-state index in [4.69, 9.17) is 0 Å². The fourth-order valence-corrected chi connectivity index (χ4v) is 8.05. The van der Waals surface area contributed by atoms with Gasteiger partial charge in [-0.15, -0.1) is 0 Å². The van der Waals surface area contributed by atoms with Crippen molar-refractivity contribution in [1.29, 1.82) is 0 Å². The molecule has 4 saturated carbocycles. The fourth-order valence-electron chi connectivity index (χ4n) is 8.05. The molecule has 4 aliphatic carbocycles. The van der Waals surface area contributed by atoms with Crippen LogP contribution in [0, 0.1) is 67.0 Å². The van der Waals surface area contributed by atoms with Crippen LogP contribution in [0.3, 0.4) is 0 Å². The first-order chi connectivity index (χ1) is 47.9. The Hall–Kier alpha value is -2.03. The number of rotatable bonds is 7. The van der Waals surface area contributed by atoms with Crippen LogP contribution in [0.5, 0.6) is 0 Å². The Morgan fingerprint density at radius 1 is 0.321 bits per heavy atom. The Labute approximate surface area is 641 Å². The third kappa shape index (κ3) is 62.9. The van der Waals surface area contributed by atoms with Crippen LogP contribution in [0.25, 0.3) is 0 Å². The predicted molar refractivity (Wildman–Crippen MR) is 393 cm³/mol. The molecule has 4 fully saturated rings. The van der Waals surface area contributed by atoms with E-state index < -0.39 is 101 Å². The highest BCUT2D eigenvalue weighted by molar-refractivity contribution is 4.90. The predicted octanol–water partition coefficient (Wildman–Crippen LogP) is 37.1. The molecule has 0 saturated heterocycles. The summed E-state index contributed by atoms with van der Waals surface area (Å²) in [6.45, 7) is 50.7. The zero-order chi connectivity index (χ0) is 90.4. The molecule has 4 rings (SSSR count). The van der Waals surface area contributed by atoms with E-state index in [-0.39, 0.29) is 53.9 Å². The van der Waals surface area contributed by atoms with E-state index in [0.717, 1.165) is 57.8 Å². The largest absolute Gasteiger partial charge is 0.402 e. The van der Waals surface area contributed by atoms with E-state index in [2.05, 4.69) is 111 Å². The highest BCUT2D eigenvalue weighted by atomic mass is 19.5. The molecule has 0 heterocycles. The van der Waals surface area contributed by atoms with Gasteiger partial charge in [-0.05, 0) is 146 Å². The van der Waals surface area contributed by atoms with Crippen LogP contribution in [0.15, 0.2) is 0 Å². The van der Waals surface area contributed by atoms with Gasteiger partial charge in [0.15, 0.2) is 16.2 Å². The molecular formula is C80H151F29. The van der Waals surface area contributed by atoms with Crippen LogP contribution < -0.4 is 0 Å². The van der Waals surface area contributed by atoms with Gasteiger partial charge in [0.2, 0.25) is 5.92 Å². The minimum absolute atomic E-state index is 0.0625. The van der Waals surface area contributed by atoms with Gasteiger partial charge in [-0.2, -0.15) is 119 Å². The second kappa shape index (κ2) is 55.6. The van der Waals surface area contributed by atoms with Crippen LogP contribution in [-0.2, 0) is 0 Å². The third-order valence-corrected chi connectivity index (χ3v) is 20.2. The van der Waals surface area contributed by atoms with Gasteiger partial charge in [0, 0.05) is 12.3 Å². The molecule has 4 aliphatic rings. The maximum Gasteiger partial charge on any atom is 0.402 e. The summed E-state index contributed by atoms with van der Waals surface area (Å²) in [5, 5.41) is 0. The number of hydrogen-bond acceptors (Lipinski definition) is 0. The van der Waals surface area contributed by atoms with Crippen molar-refractivity contribution in [2.75, 3.05) is 0 Å². The molecule has 0 bridgehead atoms. The lowest BCUT2D eigenvalue weighted by atomic mass is 9.72. The van der Waals surface area contributed by atoms with Gasteiger partial charge in [0.1, 0.15) is 0 Å². The Balaban J connectivity index is -0.000000123. The molecule has 1 unspecified atom stereocenters. The Kier molecular flexibility index (Phi) is 65.1. The molecule has 0 aromatic carbocycles. The van der Waals surface area contributed by atoms with Gasteiger partial charge >= 0.3 is 55.6 Å². The number of halogens is 29. The standard InChI is InChI=1S/C10H20.C8H13F3.2C8H16.C6H8F6.2C6H14.2C5H6F6.C5H9F3.C4H7F3.C4H8F2.C3H8.C2H6/c1-4-9-5-7-10(2,3)8-6-9;1-2-7(8(9,10)11)5-3-4-6-7;1-3-8(2)6-4-5-7-8;1-2-8-6-4-3-5-7-8;1-3-4(2,5(7,8)9)6(10,11)12;2*1-5-6(2,3)4;2*1-3(2,4(6,7)8)5(9,10)11;1-3-4(2)5(6,7)8;1-3(2)4(5,6)7;1-3-4(2,5)6;1-3-2;1-2/h9H,4-8H2,1-3H3;2-6H2,1H3;3-7H2,1-2H3;8H,2-7H2,1H3;3H2,1-2H3;2*5H2,1-4H3;2*1-2H3;4H,3H2,1-2H3;3H,1-2H3;3H2,1-2H3;3H2,1-2H3;1-2H3. The Morgan fingerprint density at radius 3 is 0.670 bits per heavy atom. The van der Waals surface area contributed by atoms with E-state index in [1.807, 2.05) is 13.8 Å². The summed E-state index contributed by atoms with van der Waals surface area (Å²) < 4.78 is 339. The monoisotopic (exact) mass is 1660 g/mol. The van der Waals surface area contributed by atoms with Crippen molar-refractivity contribution in [2.45, 2.75) is 450 Å². The van der Waals surface area contributed by atoms with Crippen LogP contribution in [0.2, 0.25) is 0 Å². The molecule has 109 heavy (non-hydrogen) atoms. The van der Waals surface area contributed by atoms with Gasteiger partial charge in [0.05, 0.1) is 11.3 Å². The van der Waals surface area contributed by atoms with Gasteiger partial charge in [-0.1, -0.05) is 269 Å². The molecule has 0 aliphatic heterocycles. The summed E-state index contributed by atoms with van der Waals surface area (Å²) in [7, 11) is 0. The van der Waals surface area contributed by atoms with Crippen molar-refractivity contribution in [3.05, 3.63) is 0 Å². The maximum absolute atomic E-state index is 12.4. The summed E-state index contributed by atoms with van der Waals surface area (Å²) in [6.07, 6.45) is -14.6. The molecule has 0 spiro atoms. The summed E-state index contributed by atoms with van der Waals surface area (Å²) in [5.41, 5.74) is -9.68. The van der Waals surface area contributed by atoms with Crippen molar-refractivity contribution in [3.63, 3.8) is 0 Å². The zero-order valence-corrected chi connectivity index (χ0v) is 72.4. The molecular weight excluding hydrogens is 1510 g/mol. The minimum Gasteiger partial charge on any atom is -0.207 e. The SMILES string of the molecule is CC.CC(C)(C(F)(F)F)C(F)(F)F.CC(C)(C(F)(F)F)C(F)(F)F.CC(C)C(F)(F)F.CCC.CCC(C)(C(F)(F)F)C(F)(F)F.CCC(C)(C)C.CCC(C)(C)C.CCC(C)(F)F.CCC(C)C(F)(F)F.CCC1(C(F)(F)F)CCCC1.CCC1(C)CCCC1.CCC1CCC(C)(C)CC1.CCC1CCCCC1. The summed E-state index contributed by atoms with van der Waals surface area (Å²) >= 11 is 0. The molecule has 674 valence electrons. The molecule has 29 heteroatoms.